The molecular weight excluding hydrogens is 236 g/mol. The summed E-state index contributed by atoms with van der Waals surface area (Å²) in [5, 5.41) is 0. The second-order valence-electron chi connectivity index (χ2n) is 1.08. The summed E-state index contributed by atoms with van der Waals surface area (Å²) < 4.78 is 0. The van der Waals surface area contributed by atoms with Gasteiger partial charge in [0.1, 0.15) is 0 Å². The van der Waals surface area contributed by atoms with E-state index in [1.54, 1.807) is 0 Å². The Kier molecular flexibility index (Phi) is 20.6. The van der Waals surface area contributed by atoms with Crippen LogP contribution in [0.1, 0.15) is 0 Å². The van der Waals surface area contributed by atoms with Crippen LogP contribution in [-0.4, -0.2) is 0 Å². The van der Waals surface area contributed by atoms with Crippen LogP contribution >= 0.6 is 0 Å². The molecule has 0 saturated carbocycles. The molecule has 0 aliphatic rings. The van der Waals surface area contributed by atoms with Gasteiger partial charge >= 0.3 is 41.7 Å². The van der Waals surface area contributed by atoms with Crippen molar-refractivity contribution in [1.82, 2.24) is 0 Å². The summed E-state index contributed by atoms with van der Waals surface area (Å²) in [6.07, 6.45) is 0. The molecule has 9 heavy (non-hydrogen) atoms. The molecule has 0 aliphatic heterocycles. The molecule has 0 spiro atoms. The Hall–Kier alpha value is 0.597. The Labute approximate surface area is 92.1 Å². The van der Waals surface area contributed by atoms with Gasteiger partial charge in [0.15, 0.2) is 0 Å². The molecule has 0 amide bonds. The quantitative estimate of drug-likeness (QED) is 0.617. The summed E-state index contributed by atoms with van der Waals surface area (Å²) in [7, 11) is 0. The molecule has 1 aromatic carbocycles. The van der Waals surface area contributed by atoms with Gasteiger partial charge in [0.2, 0.25) is 0 Å². The van der Waals surface area contributed by atoms with Crippen molar-refractivity contribution in [2.75, 3.05) is 0 Å². The van der Waals surface area contributed by atoms with Gasteiger partial charge in [0.25, 0.3) is 0 Å². The molecule has 0 fully saturated rings. The zero-order valence-electron chi connectivity index (χ0n) is 5.89. The molecule has 0 unspecified atom stereocenters. The summed E-state index contributed by atoms with van der Waals surface area (Å²) >= 11 is 0. The number of hydrogen-bond acceptors (Lipinski definition) is 0. The third-order valence-corrected chi connectivity index (χ3v) is 0.607. The number of benzene rings is 1. The minimum absolute atomic E-state index is 0. The maximum atomic E-state index is 2.89. The van der Waals surface area contributed by atoms with Crippen molar-refractivity contribution in [2.45, 2.75) is 0 Å². The molecule has 47 valence electrons. The largest absolute Gasteiger partial charge is 3.00 e. The molecule has 0 nitrogen and oxygen atoms in total. The van der Waals surface area contributed by atoms with Crippen molar-refractivity contribution in [2.24, 2.45) is 0 Å². The van der Waals surface area contributed by atoms with Gasteiger partial charge in [0, 0.05) is 0 Å². The monoisotopic (exact) mass is 247 g/mol. The normalized spacial score (nSPS) is 5.33. The van der Waals surface area contributed by atoms with Crippen molar-refractivity contribution in [3.05, 3.63) is 51.3 Å². The Morgan fingerprint density at radius 2 is 1.22 bits per heavy atom. The minimum atomic E-state index is 0. The molecule has 1 rings (SSSR count). The van der Waals surface area contributed by atoms with Crippen LogP contribution in [-0.2, 0) is 0 Å². The fraction of sp³-hybridized carbons (Fsp3) is 0. The van der Waals surface area contributed by atoms with Crippen LogP contribution in [0.4, 0.5) is 0 Å². The molecule has 1 radical (unpaired) electrons. The summed E-state index contributed by atoms with van der Waals surface area (Å²) in [6.45, 7) is 0. The number of hydrogen-bond donors (Lipinski definition) is 0. The van der Waals surface area contributed by atoms with E-state index >= 15 is 0 Å². The van der Waals surface area contributed by atoms with Gasteiger partial charge in [-0.3, -0.25) is 0 Å². The van der Waals surface area contributed by atoms with Crippen LogP contribution < -0.4 is 0 Å². The molecule has 0 atom stereocenters. The molecule has 1 aromatic rings. The smallest absolute Gasteiger partial charge is 0.358 e. The first-order valence-corrected chi connectivity index (χ1v) is 1.91. The van der Waals surface area contributed by atoms with E-state index in [1.165, 1.54) is 0 Å². The Morgan fingerprint density at radius 1 is 0.778 bits per heavy atom. The minimum Gasteiger partial charge on any atom is -0.358 e. The van der Waals surface area contributed by atoms with Crippen LogP contribution in [0.25, 0.3) is 0 Å². The SMILES string of the molecule is [CH3-].[CH3-].[Ce+3].[c-]1ccccc1. The Morgan fingerprint density at radius 3 is 1.33 bits per heavy atom. The van der Waals surface area contributed by atoms with Crippen molar-refractivity contribution in [3.63, 3.8) is 0 Å². The van der Waals surface area contributed by atoms with Gasteiger partial charge in [-0.25, -0.2) is 0 Å². The fourth-order valence-corrected chi connectivity index (χ4v) is 0.342. The summed E-state index contributed by atoms with van der Waals surface area (Å²) in [5.41, 5.74) is 0. The average molecular weight is 247 g/mol. The molecule has 0 saturated heterocycles. The van der Waals surface area contributed by atoms with E-state index in [-0.39, 0.29) is 56.6 Å². The maximum absolute atomic E-state index is 2.89. The van der Waals surface area contributed by atoms with Gasteiger partial charge in [0.05, 0.1) is 0 Å². The van der Waals surface area contributed by atoms with Crippen LogP contribution in [0, 0.1) is 62.7 Å². The second kappa shape index (κ2) is 11.4. The molecule has 1 heteroatoms. The van der Waals surface area contributed by atoms with Gasteiger partial charge in [-0.1, -0.05) is 0 Å². The molecule has 0 aromatic heterocycles. The van der Waals surface area contributed by atoms with Crippen LogP contribution in [0.3, 0.4) is 0 Å². The van der Waals surface area contributed by atoms with Crippen LogP contribution in [0.5, 0.6) is 0 Å². The predicted octanol–water partition coefficient (Wildman–Crippen LogP) is 2.39. The first-order chi connectivity index (χ1) is 3.00. The first-order valence-electron chi connectivity index (χ1n) is 1.91. The van der Waals surface area contributed by atoms with Gasteiger partial charge in [-0.15, -0.1) is 0 Å². The second-order valence-corrected chi connectivity index (χ2v) is 1.08. The molecule has 0 N–H and O–H groups in total. The third kappa shape index (κ3) is 8.60. The summed E-state index contributed by atoms with van der Waals surface area (Å²) in [4.78, 5) is 0. The van der Waals surface area contributed by atoms with Crippen molar-refractivity contribution < 1.29 is 41.7 Å². The summed E-state index contributed by atoms with van der Waals surface area (Å²) in [5.74, 6) is 0. The Balaban J connectivity index is -0.000000120. The standard InChI is InChI=1S/C6H5.2CH3.Ce/c1-2-4-6-5-3-1;;;/h1-5H;2*1H3;/q3*-1;+3. The van der Waals surface area contributed by atoms with Crippen molar-refractivity contribution in [1.29, 1.82) is 0 Å². The average Bonchev–Trinajstić information content (AvgIpc) is 1.72. The molecule has 0 aliphatic carbocycles. The van der Waals surface area contributed by atoms with E-state index in [0.717, 1.165) is 0 Å². The maximum Gasteiger partial charge on any atom is 3.00 e. The first kappa shape index (κ1) is 16.3. The van der Waals surface area contributed by atoms with Gasteiger partial charge in [-0.2, -0.15) is 36.4 Å². The number of rotatable bonds is 0. The van der Waals surface area contributed by atoms with Crippen LogP contribution in [0.15, 0.2) is 30.3 Å². The fourth-order valence-electron chi connectivity index (χ4n) is 0.342. The van der Waals surface area contributed by atoms with E-state index in [9.17, 15) is 0 Å². The molecule has 0 bridgehead atoms. The topological polar surface area (TPSA) is 0 Å². The van der Waals surface area contributed by atoms with E-state index < -0.39 is 0 Å². The van der Waals surface area contributed by atoms with Gasteiger partial charge in [-0.05, 0) is 0 Å². The van der Waals surface area contributed by atoms with Crippen molar-refractivity contribution in [3.8, 4) is 0 Å². The van der Waals surface area contributed by atoms with E-state index in [4.69, 9.17) is 0 Å². The molecule has 0 heterocycles. The Bertz CT molecular complexity index is 76.5. The van der Waals surface area contributed by atoms with E-state index in [2.05, 4.69) is 6.07 Å². The molecular formula is C8H11Ce. The van der Waals surface area contributed by atoms with Crippen molar-refractivity contribution >= 4 is 0 Å². The zero-order chi connectivity index (χ0) is 4.24. The van der Waals surface area contributed by atoms with E-state index in [0.29, 0.717) is 0 Å². The summed E-state index contributed by atoms with van der Waals surface area (Å²) in [6, 6.07) is 12.5. The van der Waals surface area contributed by atoms with E-state index in [1.807, 2.05) is 30.3 Å². The van der Waals surface area contributed by atoms with Gasteiger partial charge < -0.3 is 14.9 Å². The zero-order valence-corrected chi connectivity index (χ0v) is 9.03. The van der Waals surface area contributed by atoms with Crippen LogP contribution in [0.2, 0.25) is 0 Å². The predicted molar refractivity (Wildman–Crippen MR) is 38.1 cm³/mol. The third-order valence-electron chi connectivity index (χ3n) is 0.607.